The minimum Gasteiger partial charge on any atom is -0.480 e. The van der Waals surface area contributed by atoms with Gasteiger partial charge in [0.2, 0.25) is 10.0 Å². The Morgan fingerprint density at radius 1 is 1.39 bits per heavy atom. The zero-order valence-electron chi connectivity index (χ0n) is 9.35. The Morgan fingerprint density at radius 2 is 2.00 bits per heavy atom. The Kier molecular flexibility index (Phi) is 4.98. The van der Waals surface area contributed by atoms with Gasteiger partial charge >= 0.3 is 5.97 Å². The number of aliphatic carboxylic acids is 1. The normalized spacial score (nSPS) is 13.3. The predicted molar refractivity (Wildman–Crippen MR) is 68.5 cm³/mol. The van der Waals surface area contributed by atoms with E-state index in [-0.39, 0.29) is 21.4 Å². The highest BCUT2D eigenvalue weighted by atomic mass is 35.5. The smallest absolute Gasteiger partial charge is 0.321 e. The van der Waals surface area contributed by atoms with E-state index in [1.165, 1.54) is 18.2 Å². The number of sulfonamides is 1. The SMILES string of the molecule is CCC(NS(=O)(=O)c1ccc(Cl)c(Cl)c1)C(=O)O. The Morgan fingerprint density at radius 3 is 2.44 bits per heavy atom. The molecule has 8 heteroatoms. The van der Waals surface area contributed by atoms with Gasteiger partial charge in [-0.3, -0.25) is 4.79 Å². The van der Waals surface area contributed by atoms with Crippen LogP contribution < -0.4 is 4.72 Å². The van der Waals surface area contributed by atoms with Crippen molar-refractivity contribution in [2.24, 2.45) is 0 Å². The van der Waals surface area contributed by atoms with Gasteiger partial charge in [0.15, 0.2) is 0 Å². The van der Waals surface area contributed by atoms with Crippen LogP contribution in [0.4, 0.5) is 0 Å². The number of carboxylic acids is 1. The third-order valence-electron chi connectivity index (χ3n) is 2.21. The van der Waals surface area contributed by atoms with Crippen LogP contribution in [-0.2, 0) is 14.8 Å². The molecule has 0 aliphatic carbocycles. The fourth-order valence-corrected chi connectivity index (χ4v) is 2.87. The van der Waals surface area contributed by atoms with E-state index in [1.54, 1.807) is 6.92 Å². The Hall–Kier alpha value is -0.820. The highest BCUT2D eigenvalue weighted by molar-refractivity contribution is 7.89. The van der Waals surface area contributed by atoms with Gasteiger partial charge in [0, 0.05) is 0 Å². The van der Waals surface area contributed by atoms with E-state index in [1.807, 2.05) is 0 Å². The van der Waals surface area contributed by atoms with Crippen LogP contribution in [0.3, 0.4) is 0 Å². The number of hydrogen-bond donors (Lipinski definition) is 2. The molecule has 0 radical (unpaired) electrons. The standard InChI is InChI=1S/C10H11Cl2NO4S/c1-2-9(10(14)15)13-18(16,17)6-3-4-7(11)8(12)5-6/h3-5,9,13H,2H2,1H3,(H,14,15). The maximum atomic E-state index is 11.9. The van der Waals surface area contributed by atoms with Crippen LogP contribution in [0.5, 0.6) is 0 Å². The summed E-state index contributed by atoms with van der Waals surface area (Å²) in [6.07, 6.45) is 0.135. The molecular weight excluding hydrogens is 301 g/mol. The van der Waals surface area contributed by atoms with Gasteiger partial charge in [0.25, 0.3) is 0 Å². The average Bonchev–Trinajstić information content (AvgIpc) is 2.29. The van der Waals surface area contributed by atoms with Crippen molar-refractivity contribution in [3.63, 3.8) is 0 Å². The molecule has 100 valence electrons. The van der Waals surface area contributed by atoms with Gasteiger partial charge in [0.05, 0.1) is 14.9 Å². The van der Waals surface area contributed by atoms with E-state index >= 15 is 0 Å². The number of hydrogen-bond acceptors (Lipinski definition) is 3. The van der Waals surface area contributed by atoms with Crippen molar-refractivity contribution in [2.75, 3.05) is 0 Å². The Bertz CT molecular complexity index is 559. The Balaban J connectivity index is 3.06. The molecule has 0 bridgehead atoms. The molecule has 0 saturated heterocycles. The summed E-state index contributed by atoms with van der Waals surface area (Å²) in [7, 11) is -3.93. The first-order chi connectivity index (χ1) is 8.27. The summed E-state index contributed by atoms with van der Waals surface area (Å²) >= 11 is 11.4. The van der Waals surface area contributed by atoms with Crippen LogP contribution in [0.2, 0.25) is 10.0 Å². The van der Waals surface area contributed by atoms with E-state index in [0.717, 1.165) is 0 Å². The average molecular weight is 312 g/mol. The first-order valence-corrected chi connectivity index (χ1v) is 7.22. The van der Waals surface area contributed by atoms with Crippen molar-refractivity contribution in [3.05, 3.63) is 28.2 Å². The van der Waals surface area contributed by atoms with E-state index in [2.05, 4.69) is 4.72 Å². The summed E-state index contributed by atoms with van der Waals surface area (Å²) < 4.78 is 25.9. The van der Waals surface area contributed by atoms with Crippen LogP contribution in [0, 0.1) is 0 Å². The second kappa shape index (κ2) is 5.88. The van der Waals surface area contributed by atoms with Crippen molar-refractivity contribution >= 4 is 39.2 Å². The van der Waals surface area contributed by atoms with E-state index in [9.17, 15) is 13.2 Å². The van der Waals surface area contributed by atoms with Crippen LogP contribution in [-0.4, -0.2) is 25.5 Å². The zero-order valence-corrected chi connectivity index (χ0v) is 11.7. The molecule has 1 aromatic rings. The predicted octanol–water partition coefficient (Wildman–Crippen LogP) is 2.13. The maximum Gasteiger partial charge on any atom is 0.321 e. The van der Waals surface area contributed by atoms with Gasteiger partial charge in [-0.05, 0) is 24.6 Å². The third-order valence-corrected chi connectivity index (χ3v) is 4.41. The number of rotatable bonds is 5. The highest BCUT2D eigenvalue weighted by Crippen LogP contribution is 2.24. The molecule has 0 aromatic heterocycles. The molecule has 1 aromatic carbocycles. The fraction of sp³-hybridized carbons (Fsp3) is 0.300. The van der Waals surface area contributed by atoms with Crippen molar-refractivity contribution < 1.29 is 18.3 Å². The summed E-state index contributed by atoms with van der Waals surface area (Å²) in [6, 6.07) is 2.58. The molecule has 0 heterocycles. The molecule has 1 atom stereocenters. The summed E-state index contributed by atoms with van der Waals surface area (Å²) in [5.41, 5.74) is 0. The molecule has 0 saturated carbocycles. The molecule has 18 heavy (non-hydrogen) atoms. The van der Waals surface area contributed by atoms with E-state index in [4.69, 9.17) is 28.3 Å². The first-order valence-electron chi connectivity index (χ1n) is 4.98. The van der Waals surface area contributed by atoms with Crippen molar-refractivity contribution in [3.8, 4) is 0 Å². The number of halogens is 2. The quantitative estimate of drug-likeness (QED) is 0.872. The number of nitrogens with one attached hydrogen (secondary N) is 1. The molecule has 1 unspecified atom stereocenters. The van der Waals surface area contributed by atoms with Crippen LogP contribution >= 0.6 is 23.2 Å². The van der Waals surface area contributed by atoms with Crippen molar-refractivity contribution in [1.82, 2.24) is 4.72 Å². The largest absolute Gasteiger partial charge is 0.480 e. The summed E-state index contributed by atoms with van der Waals surface area (Å²) in [5, 5.41) is 9.12. The van der Waals surface area contributed by atoms with Crippen molar-refractivity contribution in [2.45, 2.75) is 24.3 Å². The minimum absolute atomic E-state index is 0.0860. The lowest BCUT2D eigenvalue weighted by molar-refractivity contribution is -0.139. The van der Waals surface area contributed by atoms with Gasteiger partial charge in [-0.1, -0.05) is 30.1 Å². The molecule has 0 aliphatic heterocycles. The third kappa shape index (κ3) is 3.58. The van der Waals surface area contributed by atoms with Gasteiger partial charge in [-0.15, -0.1) is 0 Å². The van der Waals surface area contributed by atoms with E-state index < -0.39 is 22.0 Å². The van der Waals surface area contributed by atoms with Crippen LogP contribution in [0.15, 0.2) is 23.1 Å². The lowest BCUT2D eigenvalue weighted by Crippen LogP contribution is -2.40. The molecule has 0 aliphatic rings. The number of carbonyl (C=O) groups is 1. The first kappa shape index (κ1) is 15.2. The topological polar surface area (TPSA) is 83.5 Å². The Labute approximate surface area is 115 Å². The molecule has 0 fully saturated rings. The summed E-state index contributed by atoms with van der Waals surface area (Å²) in [6.45, 7) is 1.57. The lowest BCUT2D eigenvalue weighted by Gasteiger charge is -2.13. The van der Waals surface area contributed by atoms with Gasteiger partial charge < -0.3 is 5.11 Å². The second-order valence-corrected chi connectivity index (χ2v) is 6.02. The minimum atomic E-state index is -3.93. The van der Waals surface area contributed by atoms with Gasteiger partial charge in [0.1, 0.15) is 6.04 Å². The molecular formula is C10H11Cl2NO4S. The monoisotopic (exact) mass is 311 g/mol. The number of benzene rings is 1. The van der Waals surface area contributed by atoms with Gasteiger partial charge in [-0.2, -0.15) is 4.72 Å². The van der Waals surface area contributed by atoms with Gasteiger partial charge in [-0.25, -0.2) is 8.42 Å². The highest BCUT2D eigenvalue weighted by Gasteiger charge is 2.24. The van der Waals surface area contributed by atoms with E-state index in [0.29, 0.717) is 0 Å². The van der Waals surface area contributed by atoms with Crippen LogP contribution in [0.25, 0.3) is 0 Å². The molecule has 5 nitrogen and oxygen atoms in total. The second-order valence-electron chi connectivity index (χ2n) is 3.50. The van der Waals surface area contributed by atoms with Crippen LogP contribution in [0.1, 0.15) is 13.3 Å². The zero-order chi connectivity index (χ0) is 13.9. The van der Waals surface area contributed by atoms with Crippen molar-refractivity contribution in [1.29, 1.82) is 0 Å². The molecule has 2 N–H and O–H groups in total. The molecule has 0 spiro atoms. The lowest BCUT2D eigenvalue weighted by atomic mass is 10.2. The maximum absolute atomic E-state index is 11.9. The summed E-state index contributed by atoms with van der Waals surface area (Å²) in [4.78, 5) is 10.7. The number of carboxylic acid groups (broad SMARTS) is 1. The fourth-order valence-electron chi connectivity index (χ4n) is 1.21. The molecule has 1 rings (SSSR count). The summed E-state index contributed by atoms with van der Waals surface area (Å²) in [5.74, 6) is -1.24. The molecule has 0 amide bonds.